The van der Waals surface area contributed by atoms with Crippen molar-refractivity contribution in [3.63, 3.8) is 0 Å². The summed E-state index contributed by atoms with van der Waals surface area (Å²) < 4.78 is 5.13. The van der Waals surface area contributed by atoms with Gasteiger partial charge in [-0.1, -0.05) is 6.07 Å². The number of benzene rings is 1. The lowest BCUT2D eigenvalue weighted by Crippen LogP contribution is -2.31. The van der Waals surface area contributed by atoms with Gasteiger partial charge in [0.25, 0.3) is 0 Å². The maximum atomic E-state index is 9.62. The lowest BCUT2D eigenvalue weighted by molar-refractivity contribution is 0.128. The summed E-state index contributed by atoms with van der Waals surface area (Å²) >= 11 is 0. The van der Waals surface area contributed by atoms with E-state index >= 15 is 0 Å². The van der Waals surface area contributed by atoms with Gasteiger partial charge in [0, 0.05) is 0 Å². The average molecular weight is 193 g/mol. The maximum absolute atomic E-state index is 9.62. The summed E-state index contributed by atoms with van der Waals surface area (Å²) in [5, 5.41) is 9.62. The molecule has 0 aliphatic heterocycles. The Hall–Kier alpha value is -1.06. The quantitative estimate of drug-likeness (QED) is 0.699. The molecule has 0 fully saturated rings. The van der Waals surface area contributed by atoms with Crippen molar-refractivity contribution in [3.8, 4) is 5.75 Å². The summed E-state index contributed by atoms with van der Waals surface area (Å²) in [4.78, 5) is 0. The van der Waals surface area contributed by atoms with Gasteiger partial charge in [-0.25, -0.2) is 0 Å². The molecule has 3 N–H and O–H groups in total. The fourth-order valence-electron chi connectivity index (χ4n) is 1.93. The van der Waals surface area contributed by atoms with E-state index in [4.69, 9.17) is 10.5 Å². The molecule has 0 amide bonds. The Balaban J connectivity index is 2.41. The minimum absolute atomic E-state index is 0.270. The van der Waals surface area contributed by atoms with Gasteiger partial charge in [0.1, 0.15) is 5.75 Å². The normalized spacial score (nSPS) is 25.6. The van der Waals surface area contributed by atoms with Crippen LogP contribution >= 0.6 is 0 Å². The molecule has 0 saturated heterocycles. The van der Waals surface area contributed by atoms with Crippen LogP contribution < -0.4 is 10.5 Å². The van der Waals surface area contributed by atoms with Crippen molar-refractivity contribution in [2.75, 3.05) is 7.11 Å². The minimum Gasteiger partial charge on any atom is -0.497 e. The maximum Gasteiger partial charge on any atom is 0.119 e. The zero-order valence-corrected chi connectivity index (χ0v) is 8.23. The molecule has 3 nitrogen and oxygen atoms in total. The summed E-state index contributed by atoms with van der Waals surface area (Å²) in [6.45, 7) is 0. The number of hydrogen-bond donors (Lipinski definition) is 2. The highest BCUT2D eigenvalue weighted by Crippen LogP contribution is 2.30. The zero-order valence-electron chi connectivity index (χ0n) is 8.23. The van der Waals surface area contributed by atoms with E-state index in [-0.39, 0.29) is 6.04 Å². The topological polar surface area (TPSA) is 55.5 Å². The van der Waals surface area contributed by atoms with Crippen molar-refractivity contribution in [1.82, 2.24) is 0 Å². The highest BCUT2D eigenvalue weighted by atomic mass is 16.5. The SMILES string of the molecule is COc1ccc2c(c1)[C@@H](N)[C@@H](O)CC2. The zero-order chi connectivity index (χ0) is 10.1. The van der Waals surface area contributed by atoms with Crippen molar-refractivity contribution < 1.29 is 9.84 Å². The molecule has 0 saturated carbocycles. The van der Waals surface area contributed by atoms with E-state index in [0.717, 1.165) is 24.2 Å². The smallest absolute Gasteiger partial charge is 0.119 e. The Morgan fingerprint density at radius 3 is 3.00 bits per heavy atom. The summed E-state index contributed by atoms with van der Waals surface area (Å²) in [5.41, 5.74) is 8.15. The molecule has 0 radical (unpaired) electrons. The second kappa shape index (κ2) is 3.59. The monoisotopic (exact) mass is 193 g/mol. The molecule has 1 aromatic carbocycles. The summed E-state index contributed by atoms with van der Waals surface area (Å²) in [6.07, 6.45) is 1.23. The van der Waals surface area contributed by atoms with Gasteiger partial charge in [0.2, 0.25) is 0 Å². The van der Waals surface area contributed by atoms with E-state index in [1.165, 1.54) is 5.56 Å². The fourth-order valence-corrected chi connectivity index (χ4v) is 1.93. The van der Waals surface area contributed by atoms with Crippen molar-refractivity contribution in [2.45, 2.75) is 25.0 Å². The first-order valence-electron chi connectivity index (χ1n) is 4.83. The van der Waals surface area contributed by atoms with Gasteiger partial charge in [0.15, 0.2) is 0 Å². The Labute approximate surface area is 83.5 Å². The van der Waals surface area contributed by atoms with E-state index in [2.05, 4.69) is 0 Å². The van der Waals surface area contributed by atoms with Crippen LogP contribution in [0, 0.1) is 0 Å². The van der Waals surface area contributed by atoms with Gasteiger partial charge in [-0.2, -0.15) is 0 Å². The molecule has 14 heavy (non-hydrogen) atoms. The molecule has 1 aromatic rings. The van der Waals surface area contributed by atoms with E-state index in [9.17, 15) is 5.11 Å². The third-order valence-electron chi connectivity index (χ3n) is 2.84. The Kier molecular flexibility index (Phi) is 2.44. The molecular formula is C11H15NO2. The van der Waals surface area contributed by atoms with Crippen LogP contribution in [0.5, 0.6) is 5.75 Å². The number of fused-ring (bicyclic) bond motifs is 1. The lowest BCUT2D eigenvalue weighted by atomic mass is 9.86. The van der Waals surface area contributed by atoms with Gasteiger partial charge in [-0.3, -0.25) is 0 Å². The fraction of sp³-hybridized carbons (Fsp3) is 0.455. The predicted molar refractivity (Wildman–Crippen MR) is 54.3 cm³/mol. The van der Waals surface area contributed by atoms with Gasteiger partial charge in [0.05, 0.1) is 19.3 Å². The molecule has 0 heterocycles. The molecule has 76 valence electrons. The highest BCUT2D eigenvalue weighted by Gasteiger charge is 2.24. The van der Waals surface area contributed by atoms with Crippen LogP contribution in [0.3, 0.4) is 0 Å². The molecule has 2 rings (SSSR count). The van der Waals surface area contributed by atoms with Crippen molar-refractivity contribution >= 4 is 0 Å². The van der Waals surface area contributed by atoms with Gasteiger partial charge in [-0.05, 0) is 36.1 Å². The third-order valence-corrected chi connectivity index (χ3v) is 2.84. The highest BCUT2D eigenvalue weighted by molar-refractivity contribution is 5.39. The molecule has 3 heteroatoms. The first-order chi connectivity index (χ1) is 6.72. The van der Waals surface area contributed by atoms with E-state index < -0.39 is 6.10 Å². The van der Waals surface area contributed by atoms with Gasteiger partial charge >= 0.3 is 0 Å². The van der Waals surface area contributed by atoms with Crippen molar-refractivity contribution in [1.29, 1.82) is 0 Å². The number of methoxy groups -OCH3 is 1. The van der Waals surface area contributed by atoms with Crippen molar-refractivity contribution in [3.05, 3.63) is 29.3 Å². The van der Waals surface area contributed by atoms with Gasteiger partial charge in [-0.15, -0.1) is 0 Å². The number of nitrogens with two attached hydrogens (primary N) is 1. The number of aliphatic hydroxyl groups is 1. The first-order valence-corrected chi connectivity index (χ1v) is 4.83. The summed E-state index contributed by atoms with van der Waals surface area (Å²) in [6, 6.07) is 5.61. The Morgan fingerprint density at radius 2 is 2.29 bits per heavy atom. The van der Waals surface area contributed by atoms with Gasteiger partial charge < -0.3 is 15.6 Å². The molecule has 1 aliphatic carbocycles. The van der Waals surface area contributed by atoms with Crippen LogP contribution in [-0.2, 0) is 6.42 Å². The largest absolute Gasteiger partial charge is 0.497 e. The third kappa shape index (κ3) is 1.49. The van der Waals surface area contributed by atoms with E-state index in [1.54, 1.807) is 7.11 Å². The standard InChI is InChI=1S/C11H15NO2/c1-14-8-4-2-7-3-5-10(13)11(12)9(7)6-8/h2,4,6,10-11,13H,3,5,12H2,1H3/t10-,11+/m0/s1. The summed E-state index contributed by atoms with van der Waals surface area (Å²) in [5.74, 6) is 0.799. The Morgan fingerprint density at radius 1 is 1.50 bits per heavy atom. The number of hydrogen-bond acceptors (Lipinski definition) is 3. The molecule has 1 aliphatic rings. The molecule has 0 unspecified atom stereocenters. The van der Waals surface area contributed by atoms with Crippen molar-refractivity contribution in [2.24, 2.45) is 5.73 Å². The van der Waals surface area contributed by atoms with Crippen LogP contribution in [0.4, 0.5) is 0 Å². The number of rotatable bonds is 1. The first kappa shape index (κ1) is 9.49. The van der Waals surface area contributed by atoms with E-state index in [0.29, 0.717) is 0 Å². The van der Waals surface area contributed by atoms with Crippen LogP contribution in [0.1, 0.15) is 23.6 Å². The Bertz CT molecular complexity index is 338. The number of aryl methyl sites for hydroxylation is 1. The second-order valence-corrected chi connectivity index (χ2v) is 3.70. The van der Waals surface area contributed by atoms with Crippen LogP contribution in [0.25, 0.3) is 0 Å². The summed E-state index contributed by atoms with van der Waals surface area (Å²) in [7, 11) is 1.63. The predicted octanol–water partition coefficient (Wildman–Crippen LogP) is 1.00. The molecule has 0 spiro atoms. The minimum atomic E-state index is -0.422. The number of aliphatic hydroxyl groups excluding tert-OH is 1. The molecule has 2 atom stereocenters. The van der Waals surface area contributed by atoms with Crippen LogP contribution in [-0.4, -0.2) is 18.3 Å². The lowest BCUT2D eigenvalue weighted by Gasteiger charge is -2.27. The molecule has 0 bridgehead atoms. The average Bonchev–Trinajstić information content (AvgIpc) is 2.23. The van der Waals surface area contributed by atoms with Crippen LogP contribution in [0.15, 0.2) is 18.2 Å². The second-order valence-electron chi connectivity index (χ2n) is 3.70. The van der Waals surface area contributed by atoms with E-state index in [1.807, 2.05) is 18.2 Å². The van der Waals surface area contributed by atoms with Crippen LogP contribution in [0.2, 0.25) is 0 Å². The number of ether oxygens (including phenoxy) is 1. The molecule has 0 aromatic heterocycles. The molecular weight excluding hydrogens is 178 g/mol.